The maximum atomic E-state index is 13.6. The standard InChI is InChI=1S/C16H20FNO3/c1-11-15(5-6-21-11)18(2)10-13-7-12(3-4-16(19)20)8-14(17)9-13/h3-4,7-9,11,15H,5-6,10H2,1-2H3,(H,19,20)/b4-3+. The molecule has 2 rings (SSSR count). The van der Waals surface area contributed by atoms with E-state index in [0.717, 1.165) is 24.7 Å². The smallest absolute Gasteiger partial charge is 0.328 e. The van der Waals surface area contributed by atoms with Gasteiger partial charge in [-0.25, -0.2) is 9.18 Å². The number of aliphatic carboxylic acids is 1. The fraction of sp³-hybridized carbons (Fsp3) is 0.438. The molecule has 1 fully saturated rings. The quantitative estimate of drug-likeness (QED) is 0.848. The fourth-order valence-electron chi connectivity index (χ4n) is 2.73. The van der Waals surface area contributed by atoms with Crippen LogP contribution in [0.1, 0.15) is 24.5 Å². The molecule has 0 saturated carbocycles. The Bertz CT molecular complexity index is 544. The molecule has 21 heavy (non-hydrogen) atoms. The van der Waals surface area contributed by atoms with Crippen molar-refractivity contribution in [3.63, 3.8) is 0 Å². The molecule has 0 amide bonds. The van der Waals surface area contributed by atoms with Gasteiger partial charge < -0.3 is 9.84 Å². The van der Waals surface area contributed by atoms with Gasteiger partial charge in [0.25, 0.3) is 0 Å². The van der Waals surface area contributed by atoms with Crippen molar-refractivity contribution in [1.29, 1.82) is 0 Å². The lowest BCUT2D eigenvalue weighted by molar-refractivity contribution is -0.131. The number of rotatable bonds is 5. The second-order valence-electron chi connectivity index (χ2n) is 5.41. The normalized spacial score (nSPS) is 22.3. The van der Waals surface area contributed by atoms with Gasteiger partial charge in [-0.1, -0.05) is 6.07 Å². The van der Waals surface area contributed by atoms with Crippen LogP contribution in [0.25, 0.3) is 6.08 Å². The van der Waals surface area contributed by atoms with E-state index >= 15 is 0 Å². The van der Waals surface area contributed by atoms with E-state index in [-0.39, 0.29) is 11.9 Å². The van der Waals surface area contributed by atoms with Crippen molar-refractivity contribution in [1.82, 2.24) is 4.90 Å². The Morgan fingerprint density at radius 3 is 2.90 bits per heavy atom. The van der Waals surface area contributed by atoms with Gasteiger partial charge in [-0.05, 0) is 49.7 Å². The van der Waals surface area contributed by atoms with Crippen molar-refractivity contribution in [2.75, 3.05) is 13.7 Å². The average molecular weight is 293 g/mol. The average Bonchev–Trinajstić information content (AvgIpc) is 2.82. The van der Waals surface area contributed by atoms with Crippen LogP contribution in [-0.4, -0.2) is 41.8 Å². The van der Waals surface area contributed by atoms with E-state index in [2.05, 4.69) is 4.90 Å². The van der Waals surface area contributed by atoms with E-state index in [9.17, 15) is 9.18 Å². The van der Waals surface area contributed by atoms with Gasteiger partial charge in [-0.3, -0.25) is 4.90 Å². The van der Waals surface area contributed by atoms with E-state index in [1.807, 2.05) is 14.0 Å². The number of halogens is 1. The zero-order valence-corrected chi connectivity index (χ0v) is 12.3. The van der Waals surface area contributed by atoms with Crippen LogP contribution < -0.4 is 0 Å². The van der Waals surface area contributed by atoms with Crippen molar-refractivity contribution >= 4 is 12.0 Å². The van der Waals surface area contributed by atoms with E-state index in [0.29, 0.717) is 18.2 Å². The molecule has 1 aliphatic heterocycles. The molecule has 0 aromatic heterocycles. The van der Waals surface area contributed by atoms with Gasteiger partial charge in [0.2, 0.25) is 0 Å². The summed E-state index contributed by atoms with van der Waals surface area (Å²) in [6, 6.07) is 4.94. The molecule has 1 N–H and O–H groups in total. The summed E-state index contributed by atoms with van der Waals surface area (Å²) in [5, 5.41) is 8.63. The van der Waals surface area contributed by atoms with Gasteiger partial charge in [-0.2, -0.15) is 0 Å². The second kappa shape index (κ2) is 6.83. The van der Waals surface area contributed by atoms with Crippen molar-refractivity contribution in [3.8, 4) is 0 Å². The molecular formula is C16H20FNO3. The first-order chi connectivity index (χ1) is 9.95. The van der Waals surface area contributed by atoms with Crippen LogP contribution in [0.15, 0.2) is 24.3 Å². The van der Waals surface area contributed by atoms with Crippen molar-refractivity contribution in [3.05, 3.63) is 41.2 Å². The molecule has 1 heterocycles. The summed E-state index contributed by atoms with van der Waals surface area (Å²) < 4.78 is 19.2. The predicted octanol–water partition coefficient (Wildman–Crippen LogP) is 2.53. The summed E-state index contributed by atoms with van der Waals surface area (Å²) in [4.78, 5) is 12.7. The summed E-state index contributed by atoms with van der Waals surface area (Å²) in [6.45, 7) is 3.40. The van der Waals surface area contributed by atoms with Crippen LogP contribution in [0, 0.1) is 5.82 Å². The molecule has 1 aromatic carbocycles. The predicted molar refractivity (Wildman–Crippen MR) is 78.4 cm³/mol. The van der Waals surface area contributed by atoms with Gasteiger partial charge in [0.15, 0.2) is 0 Å². The molecule has 2 unspecified atom stereocenters. The number of ether oxygens (including phenoxy) is 1. The highest BCUT2D eigenvalue weighted by Crippen LogP contribution is 2.21. The molecule has 5 heteroatoms. The Balaban J connectivity index is 2.10. The lowest BCUT2D eigenvalue weighted by Gasteiger charge is -2.26. The fourth-order valence-corrected chi connectivity index (χ4v) is 2.73. The minimum absolute atomic E-state index is 0.176. The molecular weight excluding hydrogens is 273 g/mol. The van der Waals surface area contributed by atoms with Crippen molar-refractivity contribution in [2.24, 2.45) is 0 Å². The Kier molecular flexibility index (Phi) is 5.09. The first kappa shape index (κ1) is 15.7. The molecule has 0 aliphatic carbocycles. The zero-order valence-electron chi connectivity index (χ0n) is 12.3. The van der Waals surface area contributed by atoms with Gasteiger partial charge in [-0.15, -0.1) is 0 Å². The first-order valence-electron chi connectivity index (χ1n) is 6.98. The highest BCUT2D eigenvalue weighted by molar-refractivity contribution is 5.85. The molecule has 114 valence electrons. The summed E-state index contributed by atoms with van der Waals surface area (Å²) in [6.07, 6.45) is 3.55. The Morgan fingerprint density at radius 2 is 2.29 bits per heavy atom. The first-order valence-corrected chi connectivity index (χ1v) is 6.98. The van der Waals surface area contributed by atoms with Crippen LogP contribution in [0.3, 0.4) is 0 Å². The zero-order chi connectivity index (χ0) is 15.4. The number of hydrogen-bond acceptors (Lipinski definition) is 3. The monoisotopic (exact) mass is 293 g/mol. The molecule has 4 nitrogen and oxygen atoms in total. The van der Waals surface area contributed by atoms with E-state index < -0.39 is 5.97 Å². The number of carboxylic acid groups (broad SMARTS) is 1. The Hall–Kier alpha value is -1.72. The summed E-state index contributed by atoms with van der Waals surface area (Å²) >= 11 is 0. The number of likely N-dealkylation sites (N-methyl/N-ethyl adjacent to an activating group) is 1. The third-order valence-corrected chi connectivity index (χ3v) is 3.73. The molecule has 1 saturated heterocycles. The Labute approximate surface area is 123 Å². The van der Waals surface area contributed by atoms with Crippen LogP contribution >= 0.6 is 0 Å². The molecule has 1 aliphatic rings. The maximum absolute atomic E-state index is 13.6. The van der Waals surface area contributed by atoms with Crippen LogP contribution in [0.4, 0.5) is 4.39 Å². The van der Waals surface area contributed by atoms with Crippen molar-refractivity contribution in [2.45, 2.75) is 32.0 Å². The van der Waals surface area contributed by atoms with Gasteiger partial charge >= 0.3 is 5.97 Å². The van der Waals surface area contributed by atoms with E-state index in [4.69, 9.17) is 9.84 Å². The summed E-state index contributed by atoms with van der Waals surface area (Å²) in [5.41, 5.74) is 1.37. The van der Waals surface area contributed by atoms with Crippen LogP contribution in [0.2, 0.25) is 0 Å². The number of hydrogen-bond donors (Lipinski definition) is 1. The summed E-state index contributed by atoms with van der Waals surface area (Å²) in [7, 11) is 1.99. The number of carboxylic acids is 1. The number of nitrogens with zero attached hydrogens (tertiary/aromatic N) is 1. The van der Waals surface area contributed by atoms with E-state index in [1.54, 1.807) is 6.07 Å². The Morgan fingerprint density at radius 1 is 1.52 bits per heavy atom. The third kappa shape index (κ3) is 4.37. The van der Waals surface area contributed by atoms with Crippen molar-refractivity contribution < 1.29 is 19.0 Å². The van der Waals surface area contributed by atoms with Gasteiger partial charge in [0.05, 0.1) is 6.10 Å². The lowest BCUT2D eigenvalue weighted by Crippen LogP contribution is -2.36. The molecule has 0 spiro atoms. The summed E-state index contributed by atoms with van der Waals surface area (Å²) in [5.74, 6) is -1.41. The minimum atomic E-state index is -1.05. The topological polar surface area (TPSA) is 49.8 Å². The molecule has 0 radical (unpaired) electrons. The third-order valence-electron chi connectivity index (χ3n) is 3.73. The van der Waals surface area contributed by atoms with Gasteiger partial charge in [0, 0.05) is 25.3 Å². The molecule has 2 atom stereocenters. The second-order valence-corrected chi connectivity index (χ2v) is 5.41. The molecule has 1 aromatic rings. The molecule has 0 bridgehead atoms. The highest BCUT2D eigenvalue weighted by Gasteiger charge is 2.27. The largest absolute Gasteiger partial charge is 0.478 e. The lowest BCUT2D eigenvalue weighted by atomic mass is 10.1. The number of carbonyl (C=O) groups is 1. The maximum Gasteiger partial charge on any atom is 0.328 e. The number of benzene rings is 1. The SMILES string of the molecule is CC1OCCC1N(C)Cc1cc(F)cc(/C=C/C(=O)O)c1. The minimum Gasteiger partial charge on any atom is -0.478 e. The highest BCUT2D eigenvalue weighted by atomic mass is 19.1. The van der Waals surface area contributed by atoms with Crippen LogP contribution in [-0.2, 0) is 16.1 Å². The van der Waals surface area contributed by atoms with Gasteiger partial charge in [0.1, 0.15) is 5.82 Å². The van der Waals surface area contributed by atoms with E-state index in [1.165, 1.54) is 18.2 Å². The van der Waals surface area contributed by atoms with Crippen LogP contribution in [0.5, 0.6) is 0 Å².